The molecule has 176 valence electrons. The number of carbonyl (C=O) groups excluding carboxylic acids is 2. The molecule has 6 rings (SSSR count). The van der Waals surface area contributed by atoms with E-state index in [4.69, 9.17) is 0 Å². The van der Waals surface area contributed by atoms with Gasteiger partial charge in [-0.15, -0.1) is 0 Å². The molecule has 5 nitrogen and oxygen atoms in total. The van der Waals surface area contributed by atoms with Gasteiger partial charge in [0, 0.05) is 23.0 Å². The maximum Gasteiger partial charge on any atom is 0.332 e. The number of amides is 3. The Kier molecular flexibility index (Phi) is 5.03. The third kappa shape index (κ3) is 3.22. The first-order valence-corrected chi connectivity index (χ1v) is 12.4. The standard InChI is InChI=1S/C30H29N3O2/c1-4-19-9-5-8-12-25(19)33-29(34)26-17-23-22-10-6-7-11-24(22)31-27(23)28(32(26)30(33)35)21-15-13-20(14-16-21)18(2)3/h5-16,18,26,28,31H,4,17H2,1-3H3. The molecule has 5 heteroatoms. The summed E-state index contributed by atoms with van der Waals surface area (Å²) in [7, 11) is 0. The van der Waals surface area contributed by atoms with Crippen LogP contribution in [0.15, 0.2) is 72.8 Å². The SMILES string of the molecule is CCc1ccccc1N1C(=O)C2Cc3c([nH]c4ccccc34)C(c3ccc(C(C)C)cc3)N2C1=O. The van der Waals surface area contributed by atoms with Gasteiger partial charge in [-0.05, 0) is 46.7 Å². The second kappa shape index (κ2) is 8.12. The van der Waals surface area contributed by atoms with Gasteiger partial charge in [0.1, 0.15) is 12.1 Å². The normalized spacial score (nSPS) is 19.5. The van der Waals surface area contributed by atoms with E-state index in [1.165, 1.54) is 10.5 Å². The lowest BCUT2D eigenvalue weighted by Gasteiger charge is -2.36. The highest BCUT2D eigenvalue weighted by Crippen LogP contribution is 2.45. The molecule has 1 fully saturated rings. The maximum atomic E-state index is 14.0. The van der Waals surface area contributed by atoms with Crippen molar-refractivity contribution in [3.05, 3.63) is 101 Å². The number of carbonyl (C=O) groups is 2. The number of urea groups is 1. The molecule has 1 N–H and O–H groups in total. The van der Waals surface area contributed by atoms with E-state index in [-0.39, 0.29) is 18.0 Å². The van der Waals surface area contributed by atoms with Crippen molar-refractivity contribution in [1.82, 2.24) is 9.88 Å². The predicted octanol–water partition coefficient (Wildman–Crippen LogP) is 6.34. The number of hydrogen-bond donors (Lipinski definition) is 1. The van der Waals surface area contributed by atoms with Crippen molar-refractivity contribution < 1.29 is 9.59 Å². The molecule has 4 aromatic rings. The zero-order valence-electron chi connectivity index (χ0n) is 20.3. The van der Waals surface area contributed by atoms with Crippen LogP contribution in [-0.2, 0) is 17.6 Å². The van der Waals surface area contributed by atoms with Crippen LogP contribution in [-0.4, -0.2) is 27.9 Å². The van der Waals surface area contributed by atoms with Crippen LogP contribution in [0.5, 0.6) is 0 Å². The summed E-state index contributed by atoms with van der Waals surface area (Å²) in [6.45, 7) is 6.40. The Morgan fingerprint density at radius 3 is 2.40 bits per heavy atom. The summed E-state index contributed by atoms with van der Waals surface area (Å²) >= 11 is 0. The number of nitrogens with one attached hydrogen (secondary N) is 1. The fraction of sp³-hybridized carbons (Fsp3) is 0.267. The van der Waals surface area contributed by atoms with Gasteiger partial charge in [0.05, 0.1) is 5.69 Å². The number of fused-ring (bicyclic) bond motifs is 4. The number of aromatic amines is 1. The van der Waals surface area contributed by atoms with Gasteiger partial charge in [-0.2, -0.15) is 0 Å². The number of H-pyrrole nitrogens is 1. The van der Waals surface area contributed by atoms with E-state index in [9.17, 15) is 9.59 Å². The van der Waals surface area contributed by atoms with E-state index in [0.29, 0.717) is 18.0 Å². The van der Waals surface area contributed by atoms with E-state index >= 15 is 0 Å². The molecule has 0 saturated carbocycles. The van der Waals surface area contributed by atoms with E-state index < -0.39 is 6.04 Å². The molecule has 3 heterocycles. The average molecular weight is 464 g/mol. The van der Waals surface area contributed by atoms with Crippen LogP contribution >= 0.6 is 0 Å². The van der Waals surface area contributed by atoms with Crippen LogP contribution in [0.3, 0.4) is 0 Å². The lowest BCUT2D eigenvalue weighted by Crippen LogP contribution is -2.44. The fourth-order valence-corrected chi connectivity index (χ4v) is 5.73. The largest absolute Gasteiger partial charge is 0.356 e. The second-order valence-electron chi connectivity index (χ2n) is 9.85. The minimum Gasteiger partial charge on any atom is -0.356 e. The maximum absolute atomic E-state index is 14.0. The Bertz CT molecular complexity index is 1450. The molecule has 1 saturated heterocycles. The van der Waals surface area contributed by atoms with E-state index in [1.807, 2.05) is 43.3 Å². The Hall–Kier alpha value is -3.86. The summed E-state index contributed by atoms with van der Waals surface area (Å²) in [4.78, 5) is 34.7. The molecule has 1 aromatic heterocycles. The summed E-state index contributed by atoms with van der Waals surface area (Å²) < 4.78 is 0. The zero-order chi connectivity index (χ0) is 24.3. The summed E-state index contributed by atoms with van der Waals surface area (Å²) in [6, 6.07) is 23.3. The number of aromatic nitrogens is 1. The Morgan fingerprint density at radius 1 is 0.943 bits per heavy atom. The van der Waals surface area contributed by atoms with Gasteiger partial charge in [0.25, 0.3) is 5.91 Å². The molecule has 3 aromatic carbocycles. The number of aryl methyl sites for hydroxylation is 1. The number of para-hydroxylation sites is 2. The lowest BCUT2D eigenvalue weighted by atomic mass is 9.88. The number of imide groups is 1. The van der Waals surface area contributed by atoms with Gasteiger partial charge in [-0.1, -0.05) is 81.4 Å². The van der Waals surface area contributed by atoms with E-state index in [1.54, 1.807) is 4.90 Å². The summed E-state index contributed by atoms with van der Waals surface area (Å²) in [5.74, 6) is 0.276. The summed E-state index contributed by atoms with van der Waals surface area (Å²) in [5, 5.41) is 1.12. The van der Waals surface area contributed by atoms with Crippen LogP contribution in [0.25, 0.3) is 10.9 Å². The lowest BCUT2D eigenvalue weighted by molar-refractivity contribution is -0.120. The highest BCUT2D eigenvalue weighted by Gasteiger charge is 2.53. The molecule has 0 spiro atoms. The van der Waals surface area contributed by atoms with E-state index in [2.05, 4.69) is 55.2 Å². The van der Waals surface area contributed by atoms with Crippen LogP contribution in [0.1, 0.15) is 60.7 Å². The molecule has 0 aliphatic carbocycles. The van der Waals surface area contributed by atoms with Crippen molar-refractivity contribution >= 4 is 28.5 Å². The highest BCUT2D eigenvalue weighted by atomic mass is 16.2. The fourth-order valence-electron chi connectivity index (χ4n) is 5.73. The number of hydrogen-bond acceptors (Lipinski definition) is 2. The zero-order valence-corrected chi connectivity index (χ0v) is 20.3. The van der Waals surface area contributed by atoms with Crippen molar-refractivity contribution in [3.63, 3.8) is 0 Å². The molecule has 2 aliphatic rings. The van der Waals surface area contributed by atoms with Crippen LogP contribution in [0.2, 0.25) is 0 Å². The number of benzene rings is 3. The van der Waals surface area contributed by atoms with Gasteiger partial charge < -0.3 is 4.98 Å². The molecule has 2 aliphatic heterocycles. The topological polar surface area (TPSA) is 56.4 Å². The molecule has 3 amide bonds. The van der Waals surface area contributed by atoms with E-state index in [0.717, 1.165) is 39.7 Å². The van der Waals surface area contributed by atoms with Gasteiger partial charge in [0.2, 0.25) is 0 Å². The van der Waals surface area contributed by atoms with Crippen molar-refractivity contribution in [2.24, 2.45) is 0 Å². The average Bonchev–Trinajstić information content (AvgIpc) is 3.37. The predicted molar refractivity (Wildman–Crippen MR) is 139 cm³/mol. The quantitative estimate of drug-likeness (QED) is 0.359. The summed E-state index contributed by atoms with van der Waals surface area (Å²) in [6.07, 6.45) is 1.26. The van der Waals surface area contributed by atoms with Crippen molar-refractivity contribution in [2.45, 2.75) is 51.6 Å². The van der Waals surface area contributed by atoms with Crippen molar-refractivity contribution in [1.29, 1.82) is 0 Å². The molecular weight excluding hydrogens is 434 g/mol. The third-order valence-electron chi connectivity index (χ3n) is 7.58. The Labute approximate surface area is 205 Å². The Morgan fingerprint density at radius 2 is 1.66 bits per heavy atom. The molecule has 35 heavy (non-hydrogen) atoms. The van der Waals surface area contributed by atoms with Gasteiger partial charge in [-0.25, -0.2) is 9.69 Å². The number of rotatable bonds is 4. The summed E-state index contributed by atoms with van der Waals surface area (Å²) in [5.41, 5.74) is 7.13. The highest BCUT2D eigenvalue weighted by molar-refractivity contribution is 6.22. The van der Waals surface area contributed by atoms with Crippen molar-refractivity contribution in [2.75, 3.05) is 4.90 Å². The van der Waals surface area contributed by atoms with Gasteiger partial charge in [0.15, 0.2) is 0 Å². The number of nitrogens with zero attached hydrogens (tertiary/aromatic N) is 2. The first-order valence-electron chi connectivity index (χ1n) is 12.4. The van der Waals surface area contributed by atoms with Gasteiger partial charge in [-0.3, -0.25) is 9.69 Å². The first kappa shape index (κ1) is 21.7. The molecule has 2 unspecified atom stereocenters. The molecular formula is C30H29N3O2. The second-order valence-corrected chi connectivity index (χ2v) is 9.85. The van der Waals surface area contributed by atoms with Crippen LogP contribution in [0, 0.1) is 0 Å². The molecule has 0 bridgehead atoms. The minimum atomic E-state index is -0.533. The third-order valence-corrected chi connectivity index (χ3v) is 7.58. The minimum absolute atomic E-state index is 0.143. The monoisotopic (exact) mass is 463 g/mol. The molecule has 2 atom stereocenters. The Balaban J connectivity index is 1.53. The molecule has 0 radical (unpaired) electrons. The smallest absolute Gasteiger partial charge is 0.332 e. The van der Waals surface area contributed by atoms with Crippen molar-refractivity contribution in [3.8, 4) is 0 Å². The van der Waals surface area contributed by atoms with Crippen LogP contribution < -0.4 is 4.90 Å². The number of anilines is 1. The van der Waals surface area contributed by atoms with Gasteiger partial charge >= 0.3 is 6.03 Å². The first-order chi connectivity index (χ1) is 17.0. The van der Waals surface area contributed by atoms with Crippen LogP contribution in [0.4, 0.5) is 10.5 Å².